The predicted octanol–water partition coefficient (Wildman–Crippen LogP) is 0.243. The molecule has 0 spiro atoms. The Morgan fingerprint density at radius 3 is 3.09 bits per heavy atom. The number of halogens is 1. The molecule has 0 aliphatic carbocycles. The second-order valence-electron chi connectivity index (χ2n) is 1.94. The highest BCUT2D eigenvalue weighted by Crippen LogP contribution is 2.08. The number of imidazole rings is 1. The molecule has 0 amide bonds. The Morgan fingerprint density at radius 2 is 2.36 bits per heavy atom. The van der Waals surface area contributed by atoms with E-state index >= 15 is 0 Å². The summed E-state index contributed by atoms with van der Waals surface area (Å²) in [6.07, 6.45) is 3.23. The highest BCUT2D eigenvalue weighted by molar-refractivity contribution is 6.28. The fourth-order valence-electron chi connectivity index (χ4n) is 0.882. The van der Waals surface area contributed by atoms with Gasteiger partial charge in [0.25, 0.3) is 0 Å². The first-order valence-corrected chi connectivity index (χ1v) is 3.32. The first-order valence-electron chi connectivity index (χ1n) is 2.94. The Kier molecular flexibility index (Phi) is 1.25. The van der Waals surface area contributed by atoms with Crippen LogP contribution in [0, 0.1) is 0 Å². The van der Waals surface area contributed by atoms with E-state index in [1.54, 1.807) is 16.9 Å². The molecule has 6 heteroatoms. The molecule has 0 saturated carbocycles. The van der Waals surface area contributed by atoms with Crippen LogP contribution in [0.5, 0.6) is 0 Å². The molecular weight excluding hydrogens is 168 g/mol. The lowest BCUT2D eigenvalue weighted by Crippen LogP contribution is -2.13. The average molecular weight is 173 g/mol. The van der Waals surface area contributed by atoms with Crippen LogP contribution in [0.4, 0.5) is 0 Å². The number of nitrogens with zero attached hydrogens (tertiary/aromatic N) is 4. The van der Waals surface area contributed by atoms with Gasteiger partial charge in [0.1, 0.15) is 12.6 Å². The maximum absolute atomic E-state index is 5.71. The summed E-state index contributed by atoms with van der Waals surface area (Å²) in [6.45, 7) is 0. The van der Waals surface area contributed by atoms with Crippen molar-refractivity contribution in [1.29, 1.82) is 0 Å². The molecule has 11 heavy (non-hydrogen) atoms. The Labute approximate surface area is 67.1 Å². The summed E-state index contributed by atoms with van der Waals surface area (Å²) >= 11 is 5.71. The van der Waals surface area contributed by atoms with Crippen LogP contribution < -0.4 is 4.84 Å². The summed E-state index contributed by atoms with van der Waals surface area (Å²) in [5, 5.41) is 4.20. The van der Waals surface area contributed by atoms with Crippen LogP contribution >= 0.6 is 11.6 Å². The van der Waals surface area contributed by atoms with Gasteiger partial charge in [0.05, 0.1) is 12.4 Å². The first-order chi connectivity index (χ1) is 5.33. The third-order valence-electron chi connectivity index (χ3n) is 1.35. The molecule has 0 atom stereocenters. The molecule has 5 nitrogen and oxygen atoms in total. The van der Waals surface area contributed by atoms with E-state index in [2.05, 4.69) is 10.1 Å². The predicted molar refractivity (Wildman–Crippen MR) is 38.5 cm³/mol. The van der Waals surface area contributed by atoms with Crippen molar-refractivity contribution in [1.82, 2.24) is 19.6 Å². The zero-order valence-corrected chi connectivity index (χ0v) is 6.49. The molecular formula is C5H5ClN4O. The van der Waals surface area contributed by atoms with Crippen molar-refractivity contribution >= 4 is 17.1 Å². The molecule has 0 unspecified atom stereocenters. The number of hydrogen-bond acceptors (Lipinski definition) is 3. The minimum atomic E-state index is 0.333. The third-order valence-corrected chi connectivity index (χ3v) is 1.60. The van der Waals surface area contributed by atoms with E-state index in [0.717, 1.165) is 5.52 Å². The van der Waals surface area contributed by atoms with E-state index < -0.39 is 0 Å². The van der Waals surface area contributed by atoms with Gasteiger partial charge in [-0.15, -0.1) is 5.10 Å². The van der Waals surface area contributed by atoms with E-state index in [9.17, 15) is 0 Å². The topological polar surface area (TPSA) is 44.3 Å². The molecule has 58 valence electrons. The van der Waals surface area contributed by atoms with E-state index in [0.29, 0.717) is 5.28 Å². The Hall–Kier alpha value is -1.23. The quantitative estimate of drug-likeness (QED) is 0.619. The van der Waals surface area contributed by atoms with Crippen molar-refractivity contribution < 1.29 is 4.84 Å². The third kappa shape index (κ3) is 0.775. The van der Waals surface area contributed by atoms with Gasteiger partial charge in [0.2, 0.25) is 5.28 Å². The van der Waals surface area contributed by atoms with E-state index in [1.165, 1.54) is 12.1 Å². The average Bonchev–Trinajstić information content (AvgIpc) is 2.54. The van der Waals surface area contributed by atoms with Crippen LogP contribution in [0.15, 0.2) is 12.4 Å². The Balaban J connectivity index is 2.80. The minimum Gasteiger partial charge on any atom is -0.386 e. The summed E-state index contributed by atoms with van der Waals surface area (Å²) in [6, 6.07) is 0. The SMILES string of the molecule is COn1ncc2cnc(Cl)n21. The molecule has 0 fully saturated rings. The molecule has 0 aromatic carbocycles. The summed E-state index contributed by atoms with van der Waals surface area (Å²) < 4.78 is 1.54. The van der Waals surface area contributed by atoms with Crippen LogP contribution in [-0.4, -0.2) is 26.7 Å². The minimum absolute atomic E-state index is 0.333. The number of hydrogen-bond donors (Lipinski definition) is 0. The summed E-state index contributed by atoms with van der Waals surface area (Å²) in [5.41, 5.74) is 0.803. The second kappa shape index (κ2) is 2.13. The smallest absolute Gasteiger partial charge is 0.226 e. The molecule has 0 saturated heterocycles. The van der Waals surface area contributed by atoms with Crippen molar-refractivity contribution in [2.75, 3.05) is 7.11 Å². The highest BCUT2D eigenvalue weighted by atomic mass is 35.5. The lowest BCUT2D eigenvalue weighted by molar-refractivity contribution is 0.0893. The van der Waals surface area contributed by atoms with Crippen LogP contribution in [0.2, 0.25) is 5.28 Å². The van der Waals surface area contributed by atoms with Gasteiger partial charge in [-0.2, -0.15) is 4.52 Å². The van der Waals surface area contributed by atoms with E-state index in [4.69, 9.17) is 16.4 Å². The monoisotopic (exact) mass is 172 g/mol. The van der Waals surface area contributed by atoms with Crippen LogP contribution in [0.3, 0.4) is 0 Å². The molecule has 0 aliphatic rings. The molecule has 2 heterocycles. The number of aromatic nitrogens is 4. The standard InChI is InChI=1S/C5H5ClN4O/c1-11-10-8-3-4-2-7-5(6)9(4)10/h2-3H,1H3. The highest BCUT2D eigenvalue weighted by Gasteiger charge is 2.05. The van der Waals surface area contributed by atoms with Gasteiger partial charge >= 0.3 is 0 Å². The number of rotatable bonds is 1. The van der Waals surface area contributed by atoms with Gasteiger partial charge in [-0.25, -0.2) is 4.98 Å². The molecule has 0 aliphatic heterocycles. The lowest BCUT2D eigenvalue weighted by atomic mass is 10.7. The Bertz CT molecular complexity index is 379. The van der Waals surface area contributed by atoms with E-state index in [-0.39, 0.29) is 0 Å². The molecule has 2 aromatic heterocycles. The maximum atomic E-state index is 5.71. The first kappa shape index (κ1) is 6.48. The summed E-state index contributed by atoms with van der Waals surface area (Å²) in [5.74, 6) is 0. The lowest BCUT2D eigenvalue weighted by Gasteiger charge is -1.97. The fourth-order valence-corrected chi connectivity index (χ4v) is 1.09. The van der Waals surface area contributed by atoms with Crippen molar-refractivity contribution in [3.8, 4) is 0 Å². The normalized spacial score (nSPS) is 10.7. The largest absolute Gasteiger partial charge is 0.386 e. The van der Waals surface area contributed by atoms with Crippen molar-refractivity contribution in [2.24, 2.45) is 0 Å². The molecule has 2 aromatic rings. The zero-order chi connectivity index (χ0) is 7.84. The summed E-state index contributed by atoms with van der Waals surface area (Å²) in [7, 11) is 1.50. The van der Waals surface area contributed by atoms with Crippen molar-refractivity contribution in [3.63, 3.8) is 0 Å². The molecule has 0 radical (unpaired) electrons. The molecule has 2 rings (SSSR count). The number of fused-ring (bicyclic) bond motifs is 1. The van der Waals surface area contributed by atoms with Gasteiger partial charge in [-0.05, 0) is 16.6 Å². The fraction of sp³-hybridized carbons (Fsp3) is 0.200. The zero-order valence-electron chi connectivity index (χ0n) is 5.73. The molecule has 0 bridgehead atoms. The molecule has 0 N–H and O–H groups in total. The van der Waals surface area contributed by atoms with Crippen LogP contribution in [0.1, 0.15) is 0 Å². The van der Waals surface area contributed by atoms with Gasteiger partial charge in [0, 0.05) is 0 Å². The van der Waals surface area contributed by atoms with Gasteiger partial charge in [-0.1, -0.05) is 0 Å². The van der Waals surface area contributed by atoms with Gasteiger partial charge < -0.3 is 4.84 Å². The van der Waals surface area contributed by atoms with E-state index in [1.807, 2.05) is 0 Å². The second-order valence-corrected chi connectivity index (χ2v) is 2.28. The Morgan fingerprint density at radius 1 is 1.55 bits per heavy atom. The maximum Gasteiger partial charge on any atom is 0.226 e. The van der Waals surface area contributed by atoms with Crippen molar-refractivity contribution in [3.05, 3.63) is 17.7 Å². The van der Waals surface area contributed by atoms with Gasteiger partial charge in [0.15, 0.2) is 0 Å². The van der Waals surface area contributed by atoms with Crippen LogP contribution in [0.25, 0.3) is 5.52 Å². The van der Waals surface area contributed by atoms with Crippen LogP contribution in [-0.2, 0) is 0 Å². The van der Waals surface area contributed by atoms with Crippen molar-refractivity contribution in [2.45, 2.75) is 0 Å². The summed E-state index contributed by atoms with van der Waals surface area (Å²) in [4.78, 5) is 9.96. The van der Waals surface area contributed by atoms with Gasteiger partial charge in [-0.3, -0.25) is 0 Å².